The highest BCUT2D eigenvalue weighted by Crippen LogP contribution is 2.19. The predicted octanol–water partition coefficient (Wildman–Crippen LogP) is 0.830. The first-order valence-corrected chi connectivity index (χ1v) is 4.96. The molecular formula is C5H10F3NO2S. The Morgan fingerprint density at radius 3 is 2.00 bits per heavy atom. The third-order valence-corrected chi connectivity index (χ3v) is 2.59. The summed E-state index contributed by atoms with van der Waals surface area (Å²) >= 11 is 0. The summed E-state index contributed by atoms with van der Waals surface area (Å²) in [6.45, 7) is -0.525. The zero-order chi connectivity index (χ0) is 9.99. The van der Waals surface area contributed by atoms with E-state index in [1.807, 2.05) is 0 Å². The van der Waals surface area contributed by atoms with E-state index in [0.717, 1.165) is 13.3 Å². The molecule has 0 aromatic rings. The summed E-state index contributed by atoms with van der Waals surface area (Å²) in [7, 11) is -2.38. The van der Waals surface area contributed by atoms with Gasteiger partial charge in [-0.3, -0.25) is 0 Å². The van der Waals surface area contributed by atoms with Crippen LogP contribution in [0.25, 0.3) is 0 Å². The van der Waals surface area contributed by atoms with Crippen LogP contribution in [0.4, 0.5) is 13.2 Å². The van der Waals surface area contributed by atoms with Crippen LogP contribution in [-0.4, -0.2) is 38.7 Å². The standard InChI is InChI=1S/C5H10F3NO2S/c1-9(12(2,10)11)4-3-5(6,7)8/h3-4H2,1-2H3. The summed E-state index contributed by atoms with van der Waals surface area (Å²) in [5.41, 5.74) is 0. The van der Waals surface area contributed by atoms with Crippen molar-refractivity contribution in [3.63, 3.8) is 0 Å². The summed E-state index contributed by atoms with van der Waals surface area (Å²) in [6.07, 6.45) is -4.56. The summed E-state index contributed by atoms with van der Waals surface area (Å²) < 4.78 is 56.6. The first kappa shape index (κ1) is 11.7. The van der Waals surface area contributed by atoms with E-state index >= 15 is 0 Å². The summed E-state index contributed by atoms with van der Waals surface area (Å²) in [5.74, 6) is 0. The Morgan fingerprint density at radius 1 is 1.33 bits per heavy atom. The van der Waals surface area contributed by atoms with E-state index in [9.17, 15) is 21.6 Å². The third-order valence-electron chi connectivity index (χ3n) is 1.28. The summed E-state index contributed by atoms with van der Waals surface area (Å²) in [4.78, 5) is 0. The van der Waals surface area contributed by atoms with E-state index in [0.29, 0.717) is 4.31 Å². The number of alkyl halides is 3. The van der Waals surface area contributed by atoms with Gasteiger partial charge in [-0.05, 0) is 0 Å². The number of halogens is 3. The lowest BCUT2D eigenvalue weighted by Gasteiger charge is -2.14. The van der Waals surface area contributed by atoms with Gasteiger partial charge in [0.1, 0.15) is 0 Å². The van der Waals surface area contributed by atoms with Crippen molar-refractivity contribution in [3.05, 3.63) is 0 Å². The van der Waals surface area contributed by atoms with Crippen LogP contribution in [0.5, 0.6) is 0 Å². The van der Waals surface area contributed by atoms with Gasteiger partial charge in [0.05, 0.1) is 12.7 Å². The maximum Gasteiger partial charge on any atom is 0.390 e. The number of sulfonamides is 1. The van der Waals surface area contributed by atoms with Crippen LogP contribution in [-0.2, 0) is 10.0 Å². The second-order valence-corrected chi connectivity index (χ2v) is 4.54. The first-order chi connectivity index (χ1) is 5.13. The smallest absolute Gasteiger partial charge is 0.213 e. The van der Waals surface area contributed by atoms with E-state index in [1.165, 1.54) is 0 Å². The van der Waals surface area contributed by atoms with Gasteiger partial charge < -0.3 is 0 Å². The number of rotatable bonds is 3. The van der Waals surface area contributed by atoms with Crippen molar-refractivity contribution in [2.75, 3.05) is 19.8 Å². The Morgan fingerprint density at radius 2 is 1.75 bits per heavy atom. The van der Waals surface area contributed by atoms with Gasteiger partial charge in [0.15, 0.2) is 0 Å². The fourth-order valence-corrected chi connectivity index (χ4v) is 0.873. The minimum atomic E-state index is -4.31. The zero-order valence-corrected chi connectivity index (χ0v) is 7.54. The van der Waals surface area contributed by atoms with Gasteiger partial charge in [0, 0.05) is 13.6 Å². The van der Waals surface area contributed by atoms with Crippen molar-refractivity contribution < 1.29 is 21.6 Å². The van der Waals surface area contributed by atoms with Crippen LogP contribution in [0.2, 0.25) is 0 Å². The second kappa shape index (κ2) is 3.61. The largest absolute Gasteiger partial charge is 0.390 e. The maximum absolute atomic E-state index is 11.6. The quantitative estimate of drug-likeness (QED) is 0.684. The first-order valence-electron chi connectivity index (χ1n) is 3.11. The van der Waals surface area contributed by atoms with E-state index in [1.54, 1.807) is 0 Å². The fourth-order valence-electron chi connectivity index (χ4n) is 0.450. The van der Waals surface area contributed by atoms with Crippen LogP contribution in [0.15, 0.2) is 0 Å². The lowest BCUT2D eigenvalue weighted by Crippen LogP contribution is -2.29. The maximum atomic E-state index is 11.6. The molecule has 0 amide bonds. The molecule has 0 unspecified atom stereocenters. The Hall–Kier alpha value is -0.300. The third kappa shape index (κ3) is 5.36. The van der Waals surface area contributed by atoms with Crippen LogP contribution >= 0.6 is 0 Å². The molecule has 0 rings (SSSR count). The van der Waals surface area contributed by atoms with E-state index < -0.39 is 29.2 Å². The predicted molar refractivity (Wildman–Crippen MR) is 38.1 cm³/mol. The highest BCUT2D eigenvalue weighted by Gasteiger charge is 2.28. The van der Waals surface area contributed by atoms with E-state index in [4.69, 9.17) is 0 Å². The number of hydrogen-bond acceptors (Lipinski definition) is 2. The molecule has 7 heteroatoms. The summed E-state index contributed by atoms with van der Waals surface area (Å²) in [5, 5.41) is 0. The van der Waals surface area contributed by atoms with Gasteiger partial charge in [-0.15, -0.1) is 0 Å². The van der Waals surface area contributed by atoms with Gasteiger partial charge in [-0.25, -0.2) is 12.7 Å². The normalized spacial score (nSPS) is 13.8. The van der Waals surface area contributed by atoms with Crippen molar-refractivity contribution in [3.8, 4) is 0 Å². The molecule has 0 atom stereocenters. The van der Waals surface area contributed by atoms with Gasteiger partial charge in [0.25, 0.3) is 0 Å². The minimum Gasteiger partial charge on any atom is -0.213 e. The molecule has 3 nitrogen and oxygen atoms in total. The van der Waals surface area contributed by atoms with E-state index in [2.05, 4.69) is 0 Å². The van der Waals surface area contributed by atoms with Gasteiger partial charge in [-0.1, -0.05) is 0 Å². The minimum absolute atomic E-state index is 0.525. The highest BCUT2D eigenvalue weighted by molar-refractivity contribution is 7.88. The molecule has 0 heterocycles. The fraction of sp³-hybridized carbons (Fsp3) is 1.00. The molecular weight excluding hydrogens is 195 g/mol. The van der Waals surface area contributed by atoms with Gasteiger partial charge >= 0.3 is 6.18 Å². The molecule has 0 aliphatic rings. The molecule has 12 heavy (non-hydrogen) atoms. The molecule has 0 saturated carbocycles. The molecule has 0 aromatic heterocycles. The Bertz CT molecular complexity index is 234. The number of nitrogens with zero attached hydrogens (tertiary/aromatic N) is 1. The molecule has 0 fully saturated rings. The van der Waals surface area contributed by atoms with Crippen LogP contribution in [0.3, 0.4) is 0 Å². The van der Waals surface area contributed by atoms with Gasteiger partial charge in [0.2, 0.25) is 10.0 Å². The van der Waals surface area contributed by atoms with Gasteiger partial charge in [-0.2, -0.15) is 13.2 Å². The molecule has 0 radical (unpaired) electrons. The molecule has 0 aliphatic carbocycles. The Labute approximate surface area is 69.2 Å². The van der Waals surface area contributed by atoms with Crippen LogP contribution in [0.1, 0.15) is 6.42 Å². The molecule has 0 N–H and O–H groups in total. The average Bonchev–Trinajstić information content (AvgIpc) is 1.78. The van der Waals surface area contributed by atoms with Crippen molar-refractivity contribution in [1.82, 2.24) is 4.31 Å². The topological polar surface area (TPSA) is 37.4 Å². The average molecular weight is 205 g/mol. The summed E-state index contributed by atoms with van der Waals surface area (Å²) in [6, 6.07) is 0. The van der Waals surface area contributed by atoms with E-state index in [-0.39, 0.29) is 0 Å². The monoisotopic (exact) mass is 205 g/mol. The van der Waals surface area contributed by atoms with Crippen molar-refractivity contribution >= 4 is 10.0 Å². The molecule has 0 spiro atoms. The molecule has 0 aliphatic heterocycles. The second-order valence-electron chi connectivity index (χ2n) is 2.45. The van der Waals surface area contributed by atoms with Crippen molar-refractivity contribution in [2.45, 2.75) is 12.6 Å². The van der Waals surface area contributed by atoms with Crippen molar-refractivity contribution in [1.29, 1.82) is 0 Å². The van der Waals surface area contributed by atoms with Crippen LogP contribution < -0.4 is 0 Å². The highest BCUT2D eigenvalue weighted by atomic mass is 32.2. The zero-order valence-electron chi connectivity index (χ0n) is 6.72. The molecule has 0 saturated heterocycles. The van der Waals surface area contributed by atoms with Crippen LogP contribution in [0, 0.1) is 0 Å². The lowest BCUT2D eigenvalue weighted by molar-refractivity contribution is -0.135. The lowest BCUT2D eigenvalue weighted by atomic mass is 10.4. The molecule has 0 aromatic carbocycles. The molecule has 0 bridgehead atoms. The Balaban J connectivity index is 3.98. The number of hydrogen-bond donors (Lipinski definition) is 0. The van der Waals surface area contributed by atoms with Crippen molar-refractivity contribution in [2.24, 2.45) is 0 Å². The molecule has 74 valence electrons. The SMILES string of the molecule is CN(CCC(F)(F)F)S(C)(=O)=O. The Kier molecular flexibility index (Phi) is 3.52.